The largest absolute Gasteiger partial charge is 0.393 e. The minimum Gasteiger partial charge on any atom is -0.393 e. The number of nitrogens with zero attached hydrogens (tertiary/aromatic N) is 2. The summed E-state index contributed by atoms with van der Waals surface area (Å²) < 4.78 is 5.32. The van der Waals surface area contributed by atoms with Gasteiger partial charge in [0.05, 0.1) is 6.10 Å². The summed E-state index contributed by atoms with van der Waals surface area (Å²) in [4.78, 5) is 8.72. The van der Waals surface area contributed by atoms with Crippen molar-refractivity contribution >= 4 is 11.6 Å². The van der Waals surface area contributed by atoms with Crippen molar-refractivity contribution in [2.24, 2.45) is 0 Å². The zero-order chi connectivity index (χ0) is 14.3. The van der Waals surface area contributed by atoms with E-state index < -0.39 is 0 Å². The van der Waals surface area contributed by atoms with Crippen LogP contribution in [0.25, 0.3) is 0 Å². The molecule has 0 aliphatic carbocycles. The number of ether oxygens (including phenoxy) is 1. The molecule has 0 saturated carbocycles. The fraction of sp³-hybridized carbons (Fsp3) is 0.692. The summed E-state index contributed by atoms with van der Waals surface area (Å²) in [6.07, 6.45) is 0.329. The fourth-order valence-corrected chi connectivity index (χ4v) is 1.78. The van der Waals surface area contributed by atoms with E-state index in [4.69, 9.17) is 4.74 Å². The predicted molar refractivity (Wildman–Crippen MR) is 76.3 cm³/mol. The molecule has 0 saturated heterocycles. The third-order valence-electron chi connectivity index (χ3n) is 2.55. The van der Waals surface area contributed by atoms with Gasteiger partial charge in [-0.25, -0.2) is 9.97 Å². The Kier molecular flexibility index (Phi) is 6.52. The maximum Gasteiger partial charge on any atom is 0.158 e. The van der Waals surface area contributed by atoms with Gasteiger partial charge >= 0.3 is 0 Å². The normalized spacial score (nSPS) is 13.9. The Morgan fingerprint density at radius 3 is 2.58 bits per heavy atom. The summed E-state index contributed by atoms with van der Waals surface area (Å²) in [7, 11) is 1.82. The van der Waals surface area contributed by atoms with E-state index in [2.05, 4.69) is 20.6 Å². The van der Waals surface area contributed by atoms with Crippen LogP contribution in [0.1, 0.15) is 33.0 Å². The van der Waals surface area contributed by atoms with Crippen LogP contribution in [0.15, 0.2) is 6.07 Å². The highest BCUT2D eigenvalue weighted by atomic mass is 16.5. The Hall–Kier alpha value is -1.40. The molecule has 0 radical (unpaired) electrons. The molecule has 0 spiro atoms. The van der Waals surface area contributed by atoms with Gasteiger partial charge in [0.25, 0.3) is 0 Å². The van der Waals surface area contributed by atoms with Crippen LogP contribution in [-0.2, 0) is 11.3 Å². The smallest absolute Gasteiger partial charge is 0.158 e. The second kappa shape index (κ2) is 7.91. The molecule has 1 aromatic rings. The number of aliphatic hydroxyl groups is 1. The summed E-state index contributed by atoms with van der Waals surface area (Å²) >= 11 is 0. The van der Waals surface area contributed by atoms with Crippen molar-refractivity contribution in [1.82, 2.24) is 9.97 Å². The first-order valence-corrected chi connectivity index (χ1v) is 6.63. The number of anilines is 2. The fourth-order valence-electron chi connectivity index (χ4n) is 1.78. The Bertz CT molecular complexity index is 385. The van der Waals surface area contributed by atoms with Crippen LogP contribution in [0.5, 0.6) is 0 Å². The number of aromatic nitrogens is 2. The standard InChI is InChI=1S/C13H24N4O2/c1-5-19-8-13-16-11(14-4)7-12(17-13)15-9(2)6-10(3)18/h7,9-10,18H,5-6,8H2,1-4H3,(H2,14,15,16,17). The Morgan fingerprint density at radius 2 is 2.00 bits per heavy atom. The van der Waals surface area contributed by atoms with E-state index in [-0.39, 0.29) is 12.1 Å². The SMILES string of the molecule is CCOCc1nc(NC)cc(NC(C)CC(C)O)n1. The van der Waals surface area contributed by atoms with Crippen LogP contribution in [0.4, 0.5) is 11.6 Å². The quantitative estimate of drug-likeness (QED) is 0.665. The molecule has 1 rings (SSSR count). The average Bonchev–Trinajstić information content (AvgIpc) is 2.34. The summed E-state index contributed by atoms with van der Waals surface area (Å²) in [5.74, 6) is 2.12. The van der Waals surface area contributed by atoms with Gasteiger partial charge in [-0.15, -0.1) is 0 Å². The summed E-state index contributed by atoms with van der Waals surface area (Å²) in [5.41, 5.74) is 0. The zero-order valence-corrected chi connectivity index (χ0v) is 12.1. The molecule has 6 nitrogen and oxygen atoms in total. The average molecular weight is 268 g/mol. The molecule has 0 aromatic carbocycles. The molecule has 0 amide bonds. The number of aliphatic hydroxyl groups excluding tert-OH is 1. The van der Waals surface area contributed by atoms with Gasteiger partial charge in [0.15, 0.2) is 5.82 Å². The molecule has 0 bridgehead atoms. The van der Waals surface area contributed by atoms with Gasteiger partial charge in [0, 0.05) is 25.8 Å². The Balaban J connectivity index is 2.75. The van der Waals surface area contributed by atoms with Crippen LogP contribution in [0.2, 0.25) is 0 Å². The minimum atomic E-state index is -0.337. The predicted octanol–water partition coefficient (Wildman–Crippen LogP) is 1.63. The van der Waals surface area contributed by atoms with Gasteiger partial charge in [-0.3, -0.25) is 0 Å². The van der Waals surface area contributed by atoms with Crippen molar-refractivity contribution in [3.05, 3.63) is 11.9 Å². The molecule has 0 fully saturated rings. The van der Waals surface area contributed by atoms with Gasteiger partial charge < -0.3 is 20.5 Å². The third kappa shape index (κ3) is 5.85. The monoisotopic (exact) mass is 268 g/mol. The number of rotatable bonds is 8. The molecule has 0 aliphatic heterocycles. The van der Waals surface area contributed by atoms with Crippen LogP contribution in [0, 0.1) is 0 Å². The Morgan fingerprint density at radius 1 is 1.32 bits per heavy atom. The highest BCUT2D eigenvalue weighted by molar-refractivity contribution is 5.47. The maximum atomic E-state index is 9.37. The molecular formula is C13H24N4O2. The second-order valence-electron chi connectivity index (χ2n) is 4.57. The van der Waals surface area contributed by atoms with Crippen molar-refractivity contribution in [3.63, 3.8) is 0 Å². The van der Waals surface area contributed by atoms with Crippen molar-refractivity contribution in [3.8, 4) is 0 Å². The molecule has 108 valence electrons. The minimum absolute atomic E-state index is 0.138. The molecule has 1 heterocycles. The number of nitrogens with one attached hydrogen (secondary N) is 2. The lowest BCUT2D eigenvalue weighted by atomic mass is 10.1. The lowest BCUT2D eigenvalue weighted by molar-refractivity contribution is 0.128. The number of hydrogen-bond acceptors (Lipinski definition) is 6. The van der Waals surface area contributed by atoms with Crippen LogP contribution in [-0.4, -0.2) is 40.9 Å². The molecule has 2 atom stereocenters. The molecule has 6 heteroatoms. The molecule has 0 aliphatic rings. The van der Waals surface area contributed by atoms with Crippen LogP contribution < -0.4 is 10.6 Å². The molecule has 2 unspecified atom stereocenters. The first-order chi connectivity index (χ1) is 9.05. The lowest BCUT2D eigenvalue weighted by Gasteiger charge is -2.17. The number of hydrogen-bond donors (Lipinski definition) is 3. The van der Waals surface area contributed by atoms with E-state index in [0.29, 0.717) is 25.5 Å². The summed E-state index contributed by atoms with van der Waals surface area (Å²) in [6, 6.07) is 1.98. The molecule has 19 heavy (non-hydrogen) atoms. The zero-order valence-electron chi connectivity index (χ0n) is 12.1. The van der Waals surface area contributed by atoms with Gasteiger partial charge in [-0.1, -0.05) is 0 Å². The highest BCUT2D eigenvalue weighted by Crippen LogP contribution is 2.14. The maximum absolute atomic E-state index is 9.37. The first kappa shape index (κ1) is 15.7. The first-order valence-electron chi connectivity index (χ1n) is 6.63. The van der Waals surface area contributed by atoms with Crippen molar-refractivity contribution in [2.75, 3.05) is 24.3 Å². The summed E-state index contributed by atoms with van der Waals surface area (Å²) in [5, 5.41) is 15.6. The molecule has 1 aromatic heterocycles. The van der Waals surface area contributed by atoms with E-state index in [1.165, 1.54) is 0 Å². The molecule has 3 N–H and O–H groups in total. The lowest BCUT2D eigenvalue weighted by Crippen LogP contribution is -2.21. The van der Waals surface area contributed by atoms with Gasteiger partial charge in [-0.05, 0) is 27.2 Å². The second-order valence-corrected chi connectivity index (χ2v) is 4.57. The summed E-state index contributed by atoms with van der Waals surface area (Å²) in [6.45, 7) is 6.75. The van der Waals surface area contributed by atoms with Crippen molar-refractivity contribution in [1.29, 1.82) is 0 Å². The highest BCUT2D eigenvalue weighted by Gasteiger charge is 2.09. The van der Waals surface area contributed by atoms with Crippen molar-refractivity contribution < 1.29 is 9.84 Å². The molecular weight excluding hydrogens is 244 g/mol. The Labute approximate surface area is 114 Å². The van der Waals surface area contributed by atoms with Crippen LogP contribution in [0.3, 0.4) is 0 Å². The van der Waals surface area contributed by atoms with E-state index in [1.54, 1.807) is 6.92 Å². The third-order valence-corrected chi connectivity index (χ3v) is 2.55. The van der Waals surface area contributed by atoms with Crippen LogP contribution >= 0.6 is 0 Å². The van der Waals surface area contributed by atoms with E-state index in [0.717, 1.165) is 11.6 Å². The van der Waals surface area contributed by atoms with E-state index in [9.17, 15) is 5.11 Å². The van der Waals surface area contributed by atoms with Gasteiger partial charge in [0.2, 0.25) is 0 Å². The van der Waals surface area contributed by atoms with Crippen molar-refractivity contribution in [2.45, 2.75) is 45.9 Å². The van der Waals surface area contributed by atoms with E-state index >= 15 is 0 Å². The van der Waals surface area contributed by atoms with E-state index in [1.807, 2.05) is 27.0 Å². The van der Waals surface area contributed by atoms with Gasteiger partial charge in [-0.2, -0.15) is 0 Å². The van der Waals surface area contributed by atoms with Gasteiger partial charge in [0.1, 0.15) is 18.2 Å². The topological polar surface area (TPSA) is 79.3 Å².